The maximum absolute atomic E-state index is 12.8. The fraction of sp³-hybridized carbons (Fsp3) is 0.0556. The molecule has 0 N–H and O–H groups in total. The van der Waals surface area contributed by atoms with E-state index >= 15 is 0 Å². The number of hydrogen-bond donors (Lipinski definition) is 0. The molecular weight excluding hydrogens is 352 g/mol. The standard InChI is InChI=1S/C18H12N4O3S/c1-11-5-7-13(8-6-11)16-19-20-18-21(16)17(23)15(26-18)10-12-3-2-4-14(9-12)22(24)25/h2-10H,1H3/b15-10+. The lowest BCUT2D eigenvalue weighted by Gasteiger charge is -1.97. The Morgan fingerprint density at radius 2 is 1.92 bits per heavy atom. The second kappa shape index (κ2) is 6.16. The Morgan fingerprint density at radius 3 is 2.65 bits per heavy atom. The average Bonchev–Trinajstić information content (AvgIpc) is 3.17. The van der Waals surface area contributed by atoms with Gasteiger partial charge >= 0.3 is 0 Å². The van der Waals surface area contributed by atoms with Crippen molar-refractivity contribution in [2.75, 3.05) is 0 Å². The summed E-state index contributed by atoms with van der Waals surface area (Å²) in [7, 11) is 0. The monoisotopic (exact) mass is 364 g/mol. The summed E-state index contributed by atoms with van der Waals surface area (Å²) < 4.78 is 1.92. The SMILES string of the molecule is Cc1ccc(-c2nnc3s/c(=C/c4cccc([N+](=O)[O-])c4)c(=O)n23)cc1. The molecule has 0 bridgehead atoms. The van der Waals surface area contributed by atoms with Gasteiger partial charge in [-0.25, -0.2) is 4.40 Å². The van der Waals surface area contributed by atoms with Gasteiger partial charge in [-0.2, -0.15) is 0 Å². The zero-order valence-electron chi connectivity index (χ0n) is 13.6. The third-order valence-electron chi connectivity index (χ3n) is 3.94. The first kappa shape index (κ1) is 16.1. The van der Waals surface area contributed by atoms with Gasteiger partial charge in [-0.05, 0) is 18.6 Å². The van der Waals surface area contributed by atoms with Gasteiger partial charge in [0.05, 0.1) is 9.46 Å². The number of benzene rings is 2. The molecule has 0 aliphatic carbocycles. The van der Waals surface area contributed by atoms with E-state index in [1.807, 2.05) is 31.2 Å². The summed E-state index contributed by atoms with van der Waals surface area (Å²) in [5.74, 6) is 0.486. The van der Waals surface area contributed by atoms with Crippen molar-refractivity contribution in [1.82, 2.24) is 14.6 Å². The van der Waals surface area contributed by atoms with Crippen molar-refractivity contribution in [1.29, 1.82) is 0 Å². The number of nitro benzene ring substituents is 1. The predicted octanol–water partition coefficient (Wildman–Crippen LogP) is 2.58. The van der Waals surface area contributed by atoms with E-state index in [4.69, 9.17) is 0 Å². The van der Waals surface area contributed by atoms with E-state index in [9.17, 15) is 14.9 Å². The van der Waals surface area contributed by atoms with Gasteiger partial charge < -0.3 is 0 Å². The topological polar surface area (TPSA) is 90.4 Å². The minimum absolute atomic E-state index is 0.0189. The molecule has 0 radical (unpaired) electrons. The van der Waals surface area contributed by atoms with Crippen LogP contribution < -0.4 is 10.1 Å². The quantitative estimate of drug-likeness (QED) is 0.412. The van der Waals surface area contributed by atoms with Crippen LogP contribution in [0.3, 0.4) is 0 Å². The second-order valence-electron chi connectivity index (χ2n) is 5.78. The minimum Gasteiger partial charge on any atom is -0.267 e. The summed E-state index contributed by atoms with van der Waals surface area (Å²) in [6, 6.07) is 13.8. The van der Waals surface area contributed by atoms with Crippen LogP contribution in [0.2, 0.25) is 0 Å². The maximum Gasteiger partial charge on any atom is 0.276 e. The third kappa shape index (κ3) is 2.76. The Bertz CT molecular complexity index is 1240. The molecule has 0 amide bonds. The fourth-order valence-electron chi connectivity index (χ4n) is 2.63. The van der Waals surface area contributed by atoms with Crippen LogP contribution in [0.4, 0.5) is 5.69 Å². The first-order valence-corrected chi connectivity index (χ1v) is 8.56. The maximum atomic E-state index is 12.8. The Morgan fingerprint density at radius 1 is 1.15 bits per heavy atom. The van der Waals surface area contributed by atoms with Crippen LogP contribution in [0, 0.1) is 17.0 Å². The zero-order valence-corrected chi connectivity index (χ0v) is 14.4. The van der Waals surface area contributed by atoms with Crippen molar-refractivity contribution in [3.63, 3.8) is 0 Å². The fourth-order valence-corrected chi connectivity index (χ4v) is 3.54. The summed E-state index contributed by atoms with van der Waals surface area (Å²) in [5, 5.41) is 19.1. The molecule has 4 aromatic rings. The van der Waals surface area contributed by atoms with Gasteiger partial charge in [-0.1, -0.05) is 53.3 Å². The predicted molar refractivity (Wildman–Crippen MR) is 99.2 cm³/mol. The van der Waals surface area contributed by atoms with E-state index in [0.717, 1.165) is 11.1 Å². The van der Waals surface area contributed by atoms with Gasteiger partial charge in [0.1, 0.15) is 0 Å². The van der Waals surface area contributed by atoms with E-state index in [1.54, 1.807) is 18.2 Å². The number of thiazole rings is 1. The van der Waals surface area contributed by atoms with Gasteiger partial charge in [0, 0.05) is 17.7 Å². The highest BCUT2D eigenvalue weighted by atomic mass is 32.1. The first-order valence-electron chi connectivity index (χ1n) is 7.74. The van der Waals surface area contributed by atoms with Crippen LogP contribution >= 0.6 is 11.3 Å². The van der Waals surface area contributed by atoms with Gasteiger partial charge in [-0.3, -0.25) is 14.9 Å². The molecule has 2 aromatic heterocycles. The van der Waals surface area contributed by atoms with Crippen LogP contribution in [0.25, 0.3) is 22.4 Å². The van der Waals surface area contributed by atoms with Crippen LogP contribution in [-0.4, -0.2) is 19.5 Å². The van der Waals surface area contributed by atoms with Gasteiger partial charge in [0.25, 0.3) is 11.2 Å². The molecule has 8 heteroatoms. The Kier molecular flexibility index (Phi) is 3.81. The summed E-state index contributed by atoms with van der Waals surface area (Å²) in [5.41, 5.74) is 2.25. The van der Waals surface area contributed by atoms with Gasteiger partial charge in [0.2, 0.25) is 4.96 Å². The molecule has 0 spiro atoms. The van der Waals surface area contributed by atoms with E-state index in [-0.39, 0.29) is 11.2 Å². The van der Waals surface area contributed by atoms with Crippen LogP contribution in [-0.2, 0) is 0 Å². The van der Waals surface area contributed by atoms with Gasteiger partial charge in [0.15, 0.2) is 5.82 Å². The average molecular weight is 364 g/mol. The molecule has 7 nitrogen and oxygen atoms in total. The highest BCUT2D eigenvalue weighted by Gasteiger charge is 2.14. The lowest BCUT2D eigenvalue weighted by atomic mass is 10.1. The van der Waals surface area contributed by atoms with E-state index in [1.165, 1.54) is 27.9 Å². The molecule has 0 fully saturated rings. The number of hydrogen-bond acceptors (Lipinski definition) is 6. The van der Waals surface area contributed by atoms with Crippen molar-refractivity contribution >= 4 is 28.1 Å². The number of fused-ring (bicyclic) bond motifs is 1. The second-order valence-corrected chi connectivity index (χ2v) is 6.78. The molecule has 0 unspecified atom stereocenters. The molecule has 0 aliphatic rings. The van der Waals surface area contributed by atoms with Gasteiger partial charge in [-0.15, -0.1) is 10.2 Å². The van der Waals surface area contributed by atoms with Crippen molar-refractivity contribution in [3.05, 3.63) is 84.7 Å². The smallest absolute Gasteiger partial charge is 0.267 e. The molecule has 0 aliphatic heterocycles. The normalized spacial score (nSPS) is 12.0. The molecule has 26 heavy (non-hydrogen) atoms. The highest BCUT2D eigenvalue weighted by Crippen LogP contribution is 2.18. The minimum atomic E-state index is -0.462. The van der Waals surface area contributed by atoms with Crippen molar-refractivity contribution in [2.45, 2.75) is 6.92 Å². The first-order chi connectivity index (χ1) is 12.5. The zero-order chi connectivity index (χ0) is 18.3. The number of nitro groups is 1. The summed E-state index contributed by atoms with van der Waals surface area (Å²) >= 11 is 1.20. The number of aromatic nitrogens is 3. The number of nitrogens with zero attached hydrogens (tertiary/aromatic N) is 4. The number of non-ortho nitro benzene ring substituents is 1. The lowest BCUT2D eigenvalue weighted by Crippen LogP contribution is -2.23. The third-order valence-corrected chi connectivity index (χ3v) is 4.90. The lowest BCUT2D eigenvalue weighted by molar-refractivity contribution is -0.384. The van der Waals surface area contributed by atoms with E-state index in [2.05, 4.69) is 10.2 Å². The number of aryl methyl sites for hydroxylation is 1. The van der Waals surface area contributed by atoms with E-state index < -0.39 is 4.92 Å². The molecule has 0 atom stereocenters. The molecule has 2 heterocycles. The molecule has 0 saturated heterocycles. The summed E-state index contributed by atoms with van der Waals surface area (Å²) in [6.07, 6.45) is 1.63. The summed E-state index contributed by atoms with van der Waals surface area (Å²) in [4.78, 5) is 23.7. The van der Waals surface area contributed by atoms with Crippen LogP contribution in [0.15, 0.2) is 53.3 Å². The molecule has 4 rings (SSSR count). The molecule has 2 aromatic carbocycles. The van der Waals surface area contributed by atoms with Crippen LogP contribution in [0.1, 0.15) is 11.1 Å². The van der Waals surface area contributed by atoms with Crippen LogP contribution in [0.5, 0.6) is 0 Å². The Balaban J connectivity index is 1.87. The summed E-state index contributed by atoms with van der Waals surface area (Å²) in [6.45, 7) is 1.99. The van der Waals surface area contributed by atoms with Crippen molar-refractivity contribution in [2.24, 2.45) is 0 Å². The molecule has 128 valence electrons. The molecule has 0 saturated carbocycles. The van der Waals surface area contributed by atoms with Crippen molar-refractivity contribution in [3.8, 4) is 11.4 Å². The Hall–Kier alpha value is -3.39. The molecular formula is C18H12N4O3S. The highest BCUT2D eigenvalue weighted by molar-refractivity contribution is 7.15. The largest absolute Gasteiger partial charge is 0.276 e. The van der Waals surface area contributed by atoms with E-state index in [0.29, 0.717) is 20.9 Å². The van der Waals surface area contributed by atoms with Crippen molar-refractivity contribution < 1.29 is 4.92 Å². The number of rotatable bonds is 3. The Labute approximate surface area is 151 Å².